The molecule has 2 aliphatic rings. The molecule has 0 unspecified atom stereocenters. The second-order valence-corrected chi connectivity index (χ2v) is 7.17. The van der Waals surface area contributed by atoms with Gasteiger partial charge in [-0.2, -0.15) is 0 Å². The third-order valence-corrected chi connectivity index (χ3v) is 5.14. The highest BCUT2D eigenvalue weighted by molar-refractivity contribution is 6.10. The van der Waals surface area contributed by atoms with Crippen LogP contribution < -0.4 is 15.4 Å². The maximum Gasteiger partial charge on any atom is 0.325 e. The Morgan fingerprint density at radius 1 is 1.10 bits per heavy atom. The van der Waals surface area contributed by atoms with Crippen LogP contribution in [0.3, 0.4) is 0 Å². The molecule has 1 aliphatic carbocycles. The summed E-state index contributed by atoms with van der Waals surface area (Å²) in [6.45, 7) is -0.317. The van der Waals surface area contributed by atoms with Gasteiger partial charge in [0.25, 0.3) is 5.91 Å². The van der Waals surface area contributed by atoms with E-state index in [9.17, 15) is 14.4 Å². The molecule has 0 bridgehead atoms. The Hall–Kier alpha value is -3.49. The van der Waals surface area contributed by atoms with Crippen LogP contribution in [0.25, 0.3) is 0 Å². The molecular weight excluding hydrogens is 374 g/mol. The number of amides is 4. The van der Waals surface area contributed by atoms with Gasteiger partial charge < -0.3 is 15.4 Å². The van der Waals surface area contributed by atoms with E-state index < -0.39 is 17.5 Å². The van der Waals surface area contributed by atoms with Crippen LogP contribution in [0.1, 0.15) is 32.1 Å². The average molecular weight is 395 g/mol. The summed E-state index contributed by atoms with van der Waals surface area (Å²) in [6.07, 6.45) is 7.25. The summed E-state index contributed by atoms with van der Waals surface area (Å²) in [5.74, 6) is -0.229. The zero-order chi connectivity index (χ0) is 20.3. The van der Waals surface area contributed by atoms with Crippen molar-refractivity contribution in [1.82, 2.24) is 20.2 Å². The molecule has 1 aliphatic heterocycles. The summed E-state index contributed by atoms with van der Waals surface area (Å²) in [5.41, 5.74) is -0.301. The highest BCUT2D eigenvalue weighted by Crippen LogP contribution is 2.33. The Morgan fingerprint density at radius 3 is 2.48 bits per heavy atom. The molecule has 9 nitrogen and oxygen atoms in total. The van der Waals surface area contributed by atoms with Crippen molar-refractivity contribution in [3.05, 3.63) is 42.7 Å². The number of rotatable bonds is 5. The number of anilines is 1. The van der Waals surface area contributed by atoms with E-state index in [0.717, 1.165) is 24.2 Å². The molecule has 2 fully saturated rings. The Balaban J connectivity index is 1.35. The molecule has 1 saturated heterocycles. The number of ether oxygens (including phenoxy) is 1. The first kappa shape index (κ1) is 18.9. The molecule has 1 aromatic carbocycles. The van der Waals surface area contributed by atoms with Crippen LogP contribution in [-0.4, -0.2) is 44.8 Å². The monoisotopic (exact) mass is 395 g/mol. The van der Waals surface area contributed by atoms with E-state index in [0.29, 0.717) is 24.3 Å². The third-order valence-electron chi connectivity index (χ3n) is 5.14. The van der Waals surface area contributed by atoms with Gasteiger partial charge in [-0.15, -0.1) is 0 Å². The predicted octanol–water partition coefficient (Wildman–Crippen LogP) is 2.46. The first-order valence-corrected chi connectivity index (χ1v) is 9.55. The van der Waals surface area contributed by atoms with E-state index >= 15 is 0 Å². The number of aromatic nitrogens is 2. The van der Waals surface area contributed by atoms with Crippen molar-refractivity contribution in [2.45, 2.75) is 37.6 Å². The second-order valence-electron chi connectivity index (χ2n) is 7.17. The maximum atomic E-state index is 12.7. The van der Waals surface area contributed by atoms with Crippen molar-refractivity contribution in [2.75, 3.05) is 11.9 Å². The van der Waals surface area contributed by atoms with E-state index in [1.807, 2.05) is 0 Å². The van der Waals surface area contributed by atoms with Crippen molar-refractivity contribution in [1.29, 1.82) is 0 Å². The molecule has 150 valence electrons. The minimum atomic E-state index is -0.825. The molecule has 2 heterocycles. The van der Waals surface area contributed by atoms with E-state index in [1.165, 1.54) is 0 Å². The molecule has 1 saturated carbocycles. The lowest BCUT2D eigenvalue weighted by Crippen LogP contribution is -2.48. The Labute approximate surface area is 167 Å². The molecule has 1 aromatic heterocycles. The predicted molar refractivity (Wildman–Crippen MR) is 103 cm³/mol. The van der Waals surface area contributed by atoms with Gasteiger partial charge in [0.1, 0.15) is 17.8 Å². The molecule has 0 radical (unpaired) electrons. The molecule has 1 spiro atoms. The topological polar surface area (TPSA) is 114 Å². The highest BCUT2D eigenvalue weighted by atomic mass is 16.5. The number of hydrogen-bond acceptors (Lipinski definition) is 6. The van der Waals surface area contributed by atoms with Gasteiger partial charge in [0.15, 0.2) is 0 Å². The highest BCUT2D eigenvalue weighted by Gasteiger charge is 2.51. The third kappa shape index (κ3) is 4.03. The minimum Gasteiger partial charge on any atom is -0.424 e. The number of benzene rings is 1. The van der Waals surface area contributed by atoms with Crippen LogP contribution in [-0.2, 0) is 9.59 Å². The first-order valence-electron chi connectivity index (χ1n) is 9.55. The van der Waals surface area contributed by atoms with E-state index in [-0.39, 0.29) is 18.5 Å². The lowest BCUT2D eigenvalue weighted by molar-refractivity contribution is -0.134. The lowest BCUT2D eigenvalue weighted by atomic mass is 9.82. The molecule has 0 atom stereocenters. The van der Waals surface area contributed by atoms with Gasteiger partial charge in [0.2, 0.25) is 5.91 Å². The first-order chi connectivity index (χ1) is 14.1. The zero-order valence-electron chi connectivity index (χ0n) is 15.8. The number of urea groups is 1. The summed E-state index contributed by atoms with van der Waals surface area (Å²) in [7, 11) is 0. The Bertz CT molecular complexity index is 910. The molecule has 9 heteroatoms. The van der Waals surface area contributed by atoms with Gasteiger partial charge in [-0.3, -0.25) is 14.5 Å². The summed E-state index contributed by atoms with van der Waals surface area (Å²) in [6, 6.07) is 8.05. The van der Waals surface area contributed by atoms with Crippen LogP contribution in [0.5, 0.6) is 11.8 Å². The zero-order valence-corrected chi connectivity index (χ0v) is 15.8. The van der Waals surface area contributed by atoms with Crippen molar-refractivity contribution in [3.8, 4) is 11.8 Å². The molecule has 4 amide bonds. The van der Waals surface area contributed by atoms with Gasteiger partial charge in [-0.1, -0.05) is 19.3 Å². The van der Waals surface area contributed by atoms with Gasteiger partial charge >= 0.3 is 12.0 Å². The minimum absolute atomic E-state index is 0.222. The van der Waals surface area contributed by atoms with Gasteiger partial charge in [-0.05, 0) is 43.2 Å². The number of hydrogen-bond donors (Lipinski definition) is 2. The summed E-state index contributed by atoms with van der Waals surface area (Å²) >= 11 is 0. The van der Waals surface area contributed by atoms with Crippen molar-refractivity contribution < 1.29 is 19.1 Å². The van der Waals surface area contributed by atoms with Crippen LogP contribution in [0.2, 0.25) is 0 Å². The molecule has 2 aromatic rings. The van der Waals surface area contributed by atoms with E-state index in [2.05, 4.69) is 20.6 Å². The Kier molecular flexibility index (Phi) is 5.11. The molecule has 2 N–H and O–H groups in total. The van der Waals surface area contributed by atoms with Crippen LogP contribution in [0, 0.1) is 0 Å². The number of imide groups is 1. The number of carbonyl (C=O) groups is 3. The standard InChI is InChI=1S/C20H21N5O4/c26-16(13-25-17(27)20(24-19(25)28)9-2-1-3-10-20)23-14-5-7-15(8-6-14)29-18-21-11-4-12-22-18/h4-8,11-12H,1-3,9-10,13H2,(H,23,26)(H,24,28). The average Bonchev–Trinajstić information content (AvgIpc) is 2.95. The van der Waals surface area contributed by atoms with Gasteiger partial charge in [0.05, 0.1) is 0 Å². The summed E-state index contributed by atoms with van der Waals surface area (Å²) in [4.78, 5) is 46.3. The maximum absolute atomic E-state index is 12.7. The van der Waals surface area contributed by atoms with Crippen molar-refractivity contribution in [2.24, 2.45) is 0 Å². The lowest BCUT2D eigenvalue weighted by Gasteiger charge is -2.30. The fourth-order valence-electron chi connectivity index (χ4n) is 3.71. The smallest absolute Gasteiger partial charge is 0.325 e. The number of nitrogens with zero attached hydrogens (tertiary/aromatic N) is 3. The quantitative estimate of drug-likeness (QED) is 0.752. The molecule has 4 rings (SSSR count). The fraction of sp³-hybridized carbons (Fsp3) is 0.350. The van der Waals surface area contributed by atoms with E-state index in [1.54, 1.807) is 42.7 Å². The summed E-state index contributed by atoms with van der Waals surface area (Å²) < 4.78 is 5.50. The molecular formula is C20H21N5O4. The van der Waals surface area contributed by atoms with Crippen LogP contribution >= 0.6 is 0 Å². The van der Waals surface area contributed by atoms with Gasteiger partial charge in [0, 0.05) is 18.1 Å². The van der Waals surface area contributed by atoms with Crippen LogP contribution in [0.4, 0.5) is 10.5 Å². The second kappa shape index (κ2) is 7.86. The fourth-order valence-corrected chi connectivity index (χ4v) is 3.71. The Morgan fingerprint density at radius 2 is 1.79 bits per heavy atom. The van der Waals surface area contributed by atoms with Crippen molar-refractivity contribution in [3.63, 3.8) is 0 Å². The largest absolute Gasteiger partial charge is 0.424 e. The SMILES string of the molecule is O=C(CN1C(=O)NC2(CCCCC2)C1=O)Nc1ccc(Oc2ncccn2)cc1. The molecule has 29 heavy (non-hydrogen) atoms. The van der Waals surface area contributed by atoms with Gasteiger partial charge in [-0.25, -0.2) is 14.8 Å². The van der Waals surface area contributed by atoms with E-state index in [4.69, 9.17) is 4.74 Å². The summed E-state index contributed by atoms with van der Waals surface area (Å²) in [5, 5.41) is 5.49. The van der Waals surface area contributed by atoms with Crippen LogP contribution in [0.15, 0.2) is 42.7 Å². The normalized spacial score (nSPS) is 17.9. The number of carbonyl (C=O) groups excluding carboxylic acids is 3. The number of nitrogens with one attached hydrogen (secondary N) is 2. The van der Waals surface area contributed by atoms with Crippen molar-refractivity contribution >= 4 is 23.5 Å².